The van der Waals surface area contributed by atoms with Gasteiger partial charge >= 0.3 is 0 Å². The van der Waals surface area contributed by atoms with Crippen LogP contribution in [0.3, 0.4) is 0 Å². The summed E-state index contributed by atoms with van der Waals surface area (Å²) in [5.74, 6) is -0.508. The molecule has 1 heterocycles. The zero-order valence-corrected chi connectivity index (χ0v) is 14.6. The van der Waals surface area contributed by atoms with Gasteiger partial charge < -0.3 is 10.2 Å². The van der Waals surface area contributed by atoms with Crippen LogP contribution in [0.5, 0.6) is 0 Å². The number of halogens is 2. The molecular weight excluding hydrogens is 341 g/mol. The highest BCUT2D eigenvalue weighted by Crippen LogP contribution is 2.28. The van der Waals surface area contributed by atoms with Crippen LogP contribution in [0, 0.1) is 5.82 Å². The highest BCUT2D eigenvalue weighted by molar-refractivity contribution is 6.31. The topological polar surface area (TPSA) is 44.7 Å². The van der Waals surface area contributed by atoms with E-state index in [-0.39, 0.29) is 18.3 Å². The summed E-state index contributed by atoms with van der Waals surface area (Å²) < 4.78 is 14.3. The van der Waals surface area contributed by atoms with E-state index in [9.17, 15) is 9.18 Å². The number of hydrogen-bond donors (Lipinski definition) is 1. The Labute approximate surface area is 150 Å². The number of carbonyl (C=O) groups excluding carboxylic acids is 1. The summed E-state index contributed by atoms with van der Waals surface area (Å²) in [6, 6.07) is 11.7. The quantitative estimate of drug-likeness (QED) is 0.833. The van der Waals surface area contributed by atoms with Crippen molar-refractivity contribution in [2.24, 2.45) is 4.99 Å². The molecule has 0 fully saturated rings. The molecule has 1 N–H and O–H groups in total. The molecule has 1 amide bonds. The van der Waals surface area contributed by atoms with Gasteiger partial charge in [-0.15, -0.1) is 0 Å². The Kier molecular flexibility index (Phi) is 4.86. The van der Waals surface area contributed by atoms with Gasteiger partial charge in [-0.05, 0) is 30.3 Å². The smallest absolute Gasteiger partial charge is 0.247 e. The molecule has 0 unspecified atom stereocenters. The number of carbonyl (C=O) groups is 1. The summed E-state index contributed by atoms with van der Waals surface area (Å²) >= 11 is 6.13. The third-order valence-electron chi connectivity index (χ3n) is 3.81. The second kappa shape index (κ2) is 7.07. The van der Waals surface area contributed by atoms with E-state index in [4.69, 9.17) is 11.6 Å². The van der Waals surface area contributed by atoms with Crippen molar-refractivity contribution in [3.8, 4) is 0 Å². The predicted molar refractivity (Wildman–Crippen MR) is 98.8 cm³/mol. The molecule has 6 heteroatoms. The average Bonchev–Trinajstić information content (AvgIpc) is 2.74. The molecule has 0 radical (unpaired) electrons. The lowest BCUT2D eigenvalue weighted by atomic mass is 10.00. The Morgan fingerprint density at radius 3 is 2.72 bits per heavy atom. The van der Waals surface area contributed by atoms with Gasteiger partial charge in [0.05, 0.1) is 12.3 Å². The molecular formula is C19H17ClFN3O. The SMILES string of the molecule is CN(C)C(=O)/C=C1/CN=C(c2ccccc2F)c2cc(Cl)ccc2N1. The van der Waals surface area contributed by atoms with Crippen molar-refractivity contribution in [1.82, 2.24) is 4.90 Å². The van der Waals surface area contributed by atoms with Gasteiger partial charge in [-0.25, -0.2) is 4.39 Å². The molecule has 1 aliphatic rings. The molecule has 25 heavy (non-hydrogen) atoms. The Hall–Kier alpha value is -2.66. The normalized spacial score (nSPS) is 15.0. The molecule has 0 bridgehead atoms. The fourth-order valence-electron chi connectivity index (χ4n) is 2.53. The van der Waals surface area contributed by atoms with E-state index in [1.807, 2.05) is 0 Å². The molecule has 0 saturated heterocycles. The van der Waals surface area contributed by atoms with Gasteiger partial charge in [-0.1, -0.05) is 23.7 Å². The van der Waals surface area contributed by atoms with Crippen LogP contribution >= 0.6 is 11.6 Å². The zero-order valence-electron chi connectivity index (χ0n) is 13.9. The first-order valence-corrected chi connectivity index (χ1v) is 8.11. The van der Waals surface area contributed by atoms with Gasteiger partial charge in [0.2, 0.25) is 5.91 Å². The van der Waals surface area contributed by atoms with Gasteiger partial charge in [-0.2, -0.15) is 0 Å². The molecule has 0 spiro atoms. The van der Waals surface area contributed by atoms with Crippen LogP contribution in [0.25, 0.3) is 0 Å². The number of nitrogens with zero attached hydrogens (tertiary/aromatic N) is 2. The first-order chi connectivity index (χ1) is 12.0. The van der Waals surface area contributed by atoms with Crippen LogP contribution in [-0.4, -0.2) is 37.2 Å². The summed E-state index contributed by atoms with van der Waals surface area (Å²) in [6.45, 7) is 0.232. The number of amides is 1. The number of anilines is 1. The summed E-state index contributed by atoms with van der Waals surface area (Å²) in [5.41, 5.74) is 2.95. The van der Waals surface area contributed by atoms with E-state index < -0.39 is 0 Å². The number of likely N-dealkylation sites (N-methyl/N-ethyl adjacent to an activating group) is 1. The molecule has 128 valence electrons. The zero-order chi connectivity index (χ0) is 18.0. The van der Waals surface area contributed by atoms with Crippen LogP contribution in [0.1, 0.15) is 11.1 Å². The van der Waals surface area contributed by atoms with Gasteiger partial charge in [0.25, 0.3) is 0 Å². The van der Waals surface area contributed by atoms with Crippen LogP contribution in [0.15, 0.2) is 59.2 Å². The van der Waals surface area contributed by atoms with Gasteiger partial charge in [0.15, 0.2) is 0 Å². The summed E-state index contributed by atoms with van der Waals surface area (Å²) in [4.78, 5) is 18.0. The van der Waals surface area contributed by atoms with Crippen LogP contribution in [0.2, 0.25) is 5.02 Å². The number of benzodiazepines with no additional fused rings is 1. The molecule has 2 aromatic rings. The highest BCUT2D eigenvalue weighted by Gasteiger charge is 2.19. The number of fused-ring (bicyclic) bond motifs is 1. The van der Waals surface area contributed by atoms with Crippen LogP contribution in [0.4, 0.5) is 10.1 Å². The van der Waals surface area contributed by atoms with E-state index in [1.165, 1.54) is 17.0 Å². The second-order valence-corrected chi connectivity index (χ2v) is 6.30. The number of rotatable bonds is 2. The second-order valence-electron chi connectivity index (χ2n) is 5.86. The molecule has 4 nitrogen and oxygen atoms in total. The molecule has 3 rings (SSSR count). The average molecular weight is 358 g/mol. The minimum Gasteiger partial charge on any atom is -0.357 e. The third kappa shape index (κ3) is 3.72. The molecule has 1 aliphatic heterocycles. The van der Waals surface area contributed by atoms with Crippen molar-refractivity contribution < 1.29 is 9.18 Å². The Morgan fingerprint density at radius 2 is 2.00 bits per heavy atom. The molecule has 0 aliphatic carbocycles. The Bertz CT molecular complexity index is 890. The van der Waals surface area contributed by atoms with Gasteiger partial charge in [-0.3, -0.25) is 9.79 Å². The van der Waals surface area contributed by atoms with Gasteiger partial charge in [0.1, 0.15) is 5.82 Å². The third-order valence-corrected chi connectivity index (χ3v) is 4.04. The number of nitrogens with one attached hydrogen (secondary N) is 1. The Morgan fingerprint density at radius 1 is 1.24 bits per heavy atom. The standard InChI is InChI=1S/C19H17ClFN3O/c1-24(2)18(25)10-13-11-22-19(14-5-3-4-6-16(14)21)15-9-12(20)7-8-17(15)23-13/h3-10,23H,11H2,1-2H3/b13-10-. The molecule has 0 saturated carbocycles. The van der Waals surface area contributed by atoms with E-state index in [2.05, 4.69) is 10.3 Å². The van der Waals surface area contributed by atoms with Crippen molar-refractivity contribution in [2.45, 2.75) is 0 Å². The molecule has 0 aromatic heterocycles. The summed E-state index contributed by atoms with van der Waals surface area (Å²) in [6.07, 6.45) is 1.49. The van der Waals surface area contributed by atoms with E-state index in [0.29, 0.717) is 27.6 Å². The lowest BCUT2D eigenvalue weighted by Gasteiger charge is -2.13. The first kappa shape index (κ1) is 17.2. The molecule has 0 atom stereocenters. The van der Waals surface area contributed by atoms with Crippen LogP contribution < -0.4 is 5.32 Å². The maximum atomic E-state index is 14.3. The van der Waals surface area contributed by atoms with Crippen molar-refractivity contribution in [3.05, 3.63) is 76.2 Å². The predicted octanol–water partition coefficient (Wildman–Crippen LogP) is 3.71. The number of aliphatic imine (C=N–C) groups is 1. The number of hydrogen-bond acceptors (Lipinski definition) is 3. The maximum Gasteiger partial charge on any atom is 0.247 e. The van der Waals surface area contributed by atoms with E-state index >= 15 is 0 Å². The summed E-state index contributed by atoms with van der Waals surface area (Å²) in [7, 11) is 3.36. The summed E-state index contributed by atoms with van der Waals surface area (Å²) in [5, 5.41) is 3.74. The highest BCUT2D eigenvalue weighted by atomic mass is 35.5. The Balaban J connectivity index is 2.13. The maximum absolute atomic E-state index is 14.3. The van der Waals surface area contributed by atoms with Gasteiger partial charge in [0, 0.05) is 47.7 Å². The lowest BCUT2D eigenvalue weighted by Crippen LogP contribution is -2.20. The fourth-order valence-corrected chi connectivity index (χ4v) is 2.70. The van der Waals surface area contributed by atoms with Crippen molar-refractivity contribution in [3.63, 3.8) is 0 Å². The van der Waals surface area contributed by atoms with E-state index in [0.717, 1.165) is 5.69 Å². The first-order valence-electron chi connectivity index (χ1n) is 7.74. The van der Waals surface area contributed by atoms with E-state index in [1.54, 1.807) is 50.5 Å². The van der Waals surface area contributed by atoms with Crippen LogP contribution in [-0.2, 0) is 4.79 Å². The minimum absolute atomic E-state index is 0.150. The lowest BCUT2D eigenvalue weighted by molar-refractivity contribution is -0.123. The van der Waals surface area contributed by atoms with Crippen molar-refractivity contribution in [1.29, 1.82) is 0 Å². The number of benzene rings is 2. The largest absolute Gasteiger partial charge is 0.357 e. The molecule has 2 aromatic carbocycles. The van der Waals surface area contributed by atoms with Crippen molar-refractivity contribution in [2.75, 3.05) is 26.0 Å². The van der Waals surface area contributed by atoms with Crippen molar-refractivity contribution >= 4 is 28.9 Å². The monoisotopic (exact) mass is 357 g/mol. The fraction of sp³-hybridized carbons (Fsp3) is 0.158. The minimum atomic E-state index is -0.357.